The van der Waals surface area contributed by atoms with Crippen molar-refractivity contribution in [2.24, 2.45) is 0 Å². The number of rotatable bonds is 4. The summed E-state index contributed by atoms with van der Waals surface area (Å²) in [5, 5.41) is 8.76. The van der Waals surface area contributed by atoms with Crippen LogP contribution in [0, 0.1) is 0 Å². The van der Waals surface area contributed by atoms with Gasteiger partial charge >= 0.3 is 5.97 Å². The van der Waals surface area contributed by atoms with Crippen molar-refractivity contribution >= 4 is 34.2 Å². The van der Waals surface area contributed by atoms with Crippen molar-refractivity contribution in [3.05, 3.63) is 35.0 Å². The van der Waals surface area contributed by atoms with Gasteiger partial charge in [0.25, 0.3) is 0 Å². The van der Waals surface area contributed by atoms with Gasteiger partial charge in [-0.3, -0.25) is 4.98 Å². The monoisotopic (exact) mass is 389 g/mol. The molecule has 27 heavy (non-hydrogen) atoms. The summed E-state index contributed by atoms with van der Waals surface area (Å²) >= 11 is 6.24. The maximum Gasteiger partial charge on any atom is 0.341 e. The van der Waals surface area contributed by atoms with Crippen molar-refractivity contribution in [2.45, 2.75) is 64.6 Å². The second-order valence-electron chi connectivity index (χ2n) is 8.57. The minimum atomic E-state index is -0.373. The Morgan fingerprint density at radius 1 is 1.30 bits per heavy atom. The summed E-state index contributed by atoms with van der Waals surface area (Å²) in [7, 11) is 0. The van der Waals surface area contributed by atoms with Crippen LogP contribution in [0.15, 0.2) is 24.4 Å². The first-order valence-electron chi connectivity index (χ1n) is 9.41. The fourth-order valence-electron chi connectivity index (χ4n) is 4.31. The van der Waals surface area contributed by atoms with Crippen molar-refractivity contribution in [3.8, 4) is 0 Å². The van der Waals surface area contributed by atoms with Gasteiger partial charge in [0.05, 0.1) is 17.8 Å². The number of carbonyl (C=O) groups excluding carboxylic acids is 1. The first kappa shape index (κ1) is 19.9. The van der Waals surface area contributed by atoms with Crippen LogP contribution in [0.4, 0.5) is 5.69 Å². The van der Waals surface area contributed by atoms with E-state index < -0.39 is 0 Å². The van der Waals surface area contributed by atoms with Crippen molar-refractivity contribution in [3.63, 3.8) is 0 Å². The third-order valence-corrected chi connectivity index (χ3v) is 5.10. The molecule has 0 unspecified atom stereocenters. The highest BCUT2D eigenvalue weighted by molar-refractivity contribution is 6.31. The molecule has 1 saturated heterocycles. The highest BCUT2D eigenvalue weighted by Crippen LogP contribution is 2.34. The topological polar surface area (TPSA) is 63.2 Å². The molecule has 2 aromatic rings. The largest absolute Gasteiger partial charge is 0.462 e. The number of esters is 1. The molecule has 1 aromatic carbocycles. The summed E-state index contributed by atoms with van der Waals surface area (Å²) in [6, 6.07) is 5.73. The summed E-state index contributed by atoms with van der Waals surface area (Å²) < 4.78 is 5.25. The van der Waals surface area contributed by atoms with Gasteiger partial charge in [0, 0.05) is 33.7 Å². The van der Waals surface area contributed by atoms with Crippen molar-refractivity contribution in [1.29, 1.82) is 0 Å². The Balaban J connectivity index is 2.06. The third-order valence-electron chi connectivity index (χ3n) is 4.86. The van der Waals surface area contributed by atoms with Crippen molar-refractivity contribution in [1.82, 2.24) is 10.3 Å². The SMILES string of the molecule is CCOC(=O)c1cnc2ccc(Cl)cc2c1NC1CC(C)(C)NC(C)(C)C1. The van der Waals surface area contributed by atoms with E-state index in [0.717, 1.165) is 29.4 Å². The molecule has 0 atom stereocenters. The fourth-order valence-corrected chi connectivity index (χ4v) is 4.48. The van der Waals surface area contributed by atoms with E-state index in [1.54, 1.807) is 13.1 Å². The minimum absolute atomic E-state index is 0.00993. The van der Waals surface area contributed by atoms with E-state index in [1.165, 1.54) is 0 Å². The van der Waals surface area contributed by atoms with E-state index in [2.05, 4.69) is 43.3 Å². The predicted molar refractivity (Wildman–Crippen MR) is 111 cm³/mol. The van der Waals surface area contributed by atoms with Crippen LogP contribution in [0.2, 0.25) is 5.02 Å². The molecule has 2 N–H and O–H groups in total. The van der Waals surface area contributed by atoms with E-state index in [4.69, 9.17) is 16.3 Å². The number of halogens is 1. The molecule has 2 heterocycles. The average molecular weight is 390 g/mol. The number of fused-ring (bicyclic) bond motifs is 1. The molecule has 3 rings (SSSR count). The van der Waals surface area contributed by atoms with E-state index in [9.17, 15) is 4.79 Å². The number of carbonyl (C=O) groups is 1. The summed E-state index contributed by atoms with van der Waals surface area (Å²) in [4.78, 5) is 17.0. The first-order chi connectivity index (χ1) is 12.6. The molecule has 1 aromatic heterocycles. The molecule has 0 aliphatic carbocycles. The van der Waals surface area contributed by atoms with Crippen LogP contribution in [-0.4, -0.2) is 34.7 Å². The zero-order valence-electron chi connectivity index (χ0n) is 16.6. The molecule has 1 aliphatic rings. The molecule has 0 amide bonds. The van der Waals surface area contributed by atoms with Crippen molar-refractivity contribution < 1.29 is 9.53 Å². The number of benzene rings is 1. The number of nitrogens with zero attached hydrogens (tertiary/aromatic N) is 1. The Kier molecular flexibility index (Phi) is 5.37. The van der Waals surface area contributed by atoms with Gasteiger partial charge in [0.2, 0.25) is 0 Å². The molecule has 1 aliphatic heterocycles. The van der Waals surface area contributed by atoms with Gasteiger partial charge in [-0.1, -0.05) is 11.6 Å². The van der Waals surface area contributed by atoms with E-state index >= 15 is 0 Å². The van der Waals surface area contributed by atoms with Gasteiger partial charge < -0.3 is 15.4 Å². The maximum atomic E-state index is 12.5. The summed E-state index contributed by atoms with van der Waals surface area (Å²) in [5.74, 6) is -0.373. The van der Waals surface area contributed by atoms with Gasteiger partial charge in [-0.05, 0) is 65.7 Å². The zero-order chi connectivity index (χ0) is 19.8. The van der Waals surface area contributed by atoms with Gasteiger partial charge in [-0.15, -0.1) is 0 Å². The molecular formula is C21H28ClN3O2. The zero-order valence-corrected chi connectivity index (χ0v) is 17.4. The van der Waals surface area contributed by atoms with Crippen LogP contribution >= 0.6 is 11.6 Å². The quantitative estimate of drug-likeness (QED) is 0.736. The smallest absolute Gasteiger partial charge is 0.341 e. The van der Waals surface area contributed by atoms with Crippen LogP contribution in [0.1, 0.15) is 57.8 Å². The van der Waals surface area contributed by atoms with Gasteiger partial charge in [0.15, 0.2) is 0 Å². The predicted octanol–water partition coefficient (Wildman–Crippen LogP) is 4.79. The van der Waals surface area contributed by atoms with E-state index in [1.807, 2.05) is 18.2 Å². The van der Waals surface area contributed by atoms with Crippen LogP contribution in [0.25, 0.3) is 10.9 Å². The normalized spacial score (nSPS) is 19.0. The fraction of sp³-hybridized carbons (Fsp3) is 0.524. The van der Waals surface area contributed by atoms with Crippen LogP contribution in [0.5, 0.6) is 0 Å². The lowest BCUT2D eigenvalue weighted by molar-refractivity contribution is 0.0527. The minimum Gasteiger partial charge on any atom is -0.462 e. The number of nitrogens with one attached hydrogen (secondary N) is 2. The van der Waals surface area contributed by atoms with E-state index in [0.29, 0.717) is 17.2 Å². The van der Waals surface area contributed by atoms with Crippen LogP contribution in [-0.2, 0) is 4.74 Å². The highest BCUT2D eigenvalue weighted by Gasteiger charge is 2.38. The van der Waals surface area contributed by atoms with Crippen LogP contribution < -0.4 is 10.6 Å². The standard InChI is InChI=1S/C21H28ClN3O2/c1-6-27-19(26)16-12-23-17-8-7-13(22)9-15(17)18(16)24-14-10-20(2,3)25-21(4,5)11-14/h7-9,12,14,25H,6,10-11H2,1-5H3,(H,23,24). The number of hydrogen-bond acceptors (Lipinski definition) is 5. The Morgan fingerprint density at radius 2 is 1.96 bits per heavy atom. The van der Waals surface area contributed by atoms with E-state index in [-0.39, 0.29) is 23.1 Å². The Hall–Kier alpha value is -1.85. The molecule has 5 nitrogen and oxygen atoms in total. The molecule has 0 bridgehead atoms. The number of hydrogen-bond donors (Lipinski definition) is 2. The second kappa shape index (κ2) is 7.28. The first-order valence-corrected chi connectivity index (χ1v) is 9.79. The number of aromatic nitrogens is 1. The highest BCUT2D eigenvalue weighted by atomic mass is 35.5. The molecular weight excluding hydrogens is 362 g/mol. The third kappa shape index (κ3) is 4.53. The Morgan fingerprint density at radius 3 is 2.59 bits per heavy atom. The lowest BCUT2D eigenvalue weighted by atomic mass is 9.79. The summed E-state index contributed by atoms with van der Waals surface area (Å²) in [6.07, 6.45) is 3.46. The summed E-state index contributed by atoms with van der Waals surface area (Å²) in [5.41, 5.74) is 1.97. The van der Waals surface area contributed by atoms with Gasteiger partial charge in [-0.25, -0.2) is 4.79 Å². The van der Waals surface area contributed by atoms with Gasteiger partial charge in [0.1, 0.15) is 5.56 Å². The number of anilines is 1. The Bertz CT molecular complexity index is 848. The Labute approximate surface area is 165 Å². The average Bonchev–Trinajstić information content (AvgIpc) is 2.52. The molecule has 6 heteroatoms. The maximum absolute atomic E-state index is 12.5. The summed E-state index contributed by atoms with van der Waals surface area (Å²) in [6.45, 7) is 10.9. The molecule has 1 fully saturated rings. The number of ether oxygens (including phenoxy) is 1. The molecule has 0 radical (unpaired) electrons. The van der Waals surface area contributed by atoms with Crippen molar-refractivity contribution in [2.75, 3.05) is 11.9 Å². The molecule has 146 valence electrons. The lowest BCUT2D eigenvalue weighted by Gasteiger charge is -2.47. The number of pyridine rings is 1. The molecule has 0 spiro atoms. The van der Waals surface area contributed by atoms with Crippen LogP contribution in [0.3, 0.4) is 0 Å². The molecule has 0 saturated carbocycles. The second-order valence-corrected chi connectivity index (χ2v) is 9.01. The number of piperidine rings is 1. The van der Waals surface area contributed by atoms with Gasteiger partial charge in [-0.2, -0.15) is 0 Å². The lowest BCUT2D eigenvalue weighted by Crippen LogP contribution is -2.60.